The van der Waals surface area contributed by atoms with E-state index in [4.69, 9.17) is 4.98 Å². The van der Waals surface area contributed by atoms with Gasteiger partial charge in [0.25, 0.3) is 0 Å². The summed E-state index contributed by atoms with van der Waals surface area (Å²) >= 11 is 0. The Bertz CT molecular complexity index is 2010. The molecule has 4 nitrogen and oxygen atoms in total. The van der Waals surface area contributed by atoms with Crippen LogP contribution >= 0.6 is 0 Å². The van der Waals surface area contributed by atoms with E-state index in [0.717, 1.165) is 48.4 Å². The third kappa shape index (κ3) is 6.92. The summed E-state index contributed by atoms with van der Waals surface area (Å²) in [5.74, 6) is 1.19. The average Bonchev–Trinajstić information content (AvgIpc) is 3.33. The molecule has 0 saturated carbocycles. The van der Waals surface area contributed by atoms with E-state index < -0.39 is 0 Å². The molecule has 0 saturated heterocycles. The average molecular weight is 792 g/mol. The molecule has 0 spiro atoms. The fourth-order valence-corrected chi connectivity index (χ4v) is 6.75. The SMILES string of the molecule is CCC(CC)C(=O)/C=C(\O)C(CC)CC.Cc1c2cc(CC(C)C)ccc2n2c3cc4ccccc4[c-]c3c3ncccc3c12.[Ir]. The molecule has 46 heavy (non-hydrogen) atoms. The van der Waals surface area contributed by atoms with Crippen molar-refractivity contribution in [2.24, 2.45) is 17.8 Å². The molecule has 5 heteroatoms. The van der Waals surface area contributed by atoms with Gasteiger partial charge in [0.15, 0.2) is 5.78 Å². The van der Waals surface area contributed by atoms with Crippen LogP contribution in [0.1, 0.15) is 78.4 Å². The number of rotatable bonds is 9. The Hall–Kier alpha value is -3.53. The van der Waals surface area contributed by atoms with Crippen molar-refractivity contribution in [1.82, 2.24) is 9.38 Å². The second-order valence-electron chi connectivity index (χ2n) is 12.8. The minimum absolute atomic E-state index is 0. The standard InChI is InChI=1S/C28H23N2.C13H24O2.Ir/c1-17(2)13-19-10-11-25-23(14-19)18(3)28-22-9-6-12-29-27(22)24-15-20-7-4-5-8-21(20)16-26(24)30(25)28;1-5-10(6-2)12(14)9-13(15)11(7-3)8-4;/h4-12,14,16-17H,13H2,1-3H3;9-11,14H,5-8H2,1-4H3;/q-1;;/b;12-9-;. The minimum Gasteiger partial charge on any atom is -0.512 e. The molecule has 3 heterocycles. The smallest absolute Gasteiger partial charge is 0.162 e. The summed E-state index contributed by atoms with van der Waals surface area (Å²) in [6.07, 6.45) is 7.90. The van der Waals surface area contributed by atoms with Gasteiger partial charge in [-0.25, -0.2) is 0 Å². The Morgan fingerprint density at radius 3 is 2.26 bits per heavy atom. The van der Waals surface area contributed by atoms with E-state index >= 15 is 0 Å². The largest absolute Gasteiger partial charge is 0.512 e. The first-order valence-electron chi connectivity index (χ1n) is 16.7. The molecule has 0 atom stereocenters. The molecule has 0 unspecified atom stereocenters. The van der Waals surface area contributed by atoms with Crippen LogP contribution in [0.5, 0.6) is 0 Å². The number of ketones is 1. The van der Waals surface area contributed by atoms with Crippen LogP contribution in [0.4, 0.5) is 0 Å². The molecule has 0 bridgehead atoms. The molecular formula is C41H47IrN2O2-. The topological polar surface area (TPSA) is 54.6 Å². The maximum absolute atomic E-state index is 11.7. The van der Waals surface area contributed by atoms with Gasteiger partial charge < -0.3 is 9.51 Å². The summed E-state index contributed by atoms with van der Waals surface area (Å²) in [5.41, 5.74) is 7.44. The predicted octanol–water partition coefficient (Wildman–Crippen LogP) is 11.1. The van der Waals surface area contributed by atoms with E-state index in [9.17, 15) is 9.90 Å². The molecule has 0 aliphatic heterocycles. The Morgan fingerprint density at radius 1 is 0.891 bits per heavy atom. The maximum atomic E-state index is 11.7. The number of aryl methyl sites for hydroxylation is 1. The molecule has 6 rings (SSSR count). The van der Waals surface area contributed by atoms with E-state index in [0.29, 0.717) is 5.92 Å². The first-order valence-corrected chi connectivity index (χ1v) is 16.7. The number of nitrogens with zero attached hydrogens (tertiary/aromatic N) is 2. The van der Waals surface area contributed by atoms with Gasteiger partial charge in [0, 0.05) is 66.2 Å². The number of hydrogen-bond acceptors (Lipinski definition) is 3. The van der Waals surface area contributed by atoms with Gasteiger partial charge in [-0.2, -0.15) is 0 Å². The molecule has 1 radical (unpaired) electrons. The molecule has 6 aromatic rings. The van der Waals surface area contributed by atoms with E-state index in [-0.39, 0.29) is 43.5 Å². The van der Waals surface area contributed by atoms with Crippen molar-refractivity contribution in [2.75, 3.05) is 0 Å². The Balaban J connectivity index is 0.000000259. The van der Waals surface area contributed by atoms with Crippen LogP contribution in [0.2, 0.25) is 0 Å². The zero-order chi connectivity index (χ0) is 32.2. The van der Waals surface area contributed by atoms with Crippen molar-refractivity contribution < 1.29 is 30.0 Å². The van der Waals surface area contributed by atoms with Crippen LogP contribution in [0, 0.1) is 30.7 Å². The minimum atomic E-state index is 0. The van der Waals surface area contributed by atoms with Crippen LogP contribution in [0.25, 0.3) is 49.0 Å². The van der Waals surface area contributed by atoms with Crippen molar-refractivity contribution in [2.45, 2.75) is 80.6 Å². The monoisotopic (exact) mass is 792 g/mol. The molecule has 0 fully saturated rings. The van der Waals surface area contributed by atoms with Gasteiger partial charge in [-0.1, -0.05) is 88.7 Å². The quantitative estimate of drug-likeness (QED) is 0.0522. The number of carbonyl (C=O) groups is 1. The molecule has 0 amide bonds. The van der Waals surface area contributed by atoms with Crippen LogP contribution in [-0.4, -0.2) is 20.3 Å². The van der Waals surface area contributed by atoms with Crippen molar-refractivity contribution in [3.63, 3.8) is 0 Å². The fourth-order valence-electron chi connectivity index (χ4n) is 6.75. The van der Waals surface area contributed by atoms with Crippen LogP contribution in [-0.2, 0) is 31.3 Å². The Kier molecular flexibility index (Phi) is 11.8. The fraction of sp³-hybridized carbons (Fsp3) is 0.366. The second-order valence-corrected chi connectivity index (χ2v) is 12.8. The number of allylic oxidation sites excluding steroid dienone is 2. The van der Waals surface area contributed by atoms with Crippen molar-refractivity contribution in [3.05, 3.63) is 95.9 Å². The number of benzene rings is 3. The van der Waals surface area contributed by atoms with Gasteiger partial charge in [0.2, 0.25) is 0 Å². The zero-order valence-electron chi connectivity index (χ0n) is 28.3. The first kappa shape index (κ1) is 35.3. The number of hydrogen-bond donors (Lipinski definition) is 1. The van der Waals surface area contributed by atoms with E-state index in [1.54, 1.807) is 0 Å². The molecule has 243 valence electrons. The summed E-state index contributed by atoms with van der Waals surface area (Å²) in [4.78, 5) is 16.5. The van der Waals surface area contributed by atoms with Crippen LogP contribution in [0.3, 0.4) is 0 Å². The van der Waals surface area contributed by atoms with E-state index in [1.165, 1.54) is 49.9 Å². The van der Waals surface area contributed by atoms with Gasteiger partial charge in [-0.05, 0) is 85.2 Å². The second kappa shape index (κ2) is 15.4. The summed E-state index contributed by atoms with van der Waals surface area (Å²) in [6.45, 7) is 14.9. The molecule has 0 aliphatic rings. The van der Waals surface area contributed by atoms with Gasteiger partial charge in [-0.15, -0.1) is 17.5 Å². The molecule has 1 N–H and O–H groups in total. The third-order valence-electron chi connectivity index (χ3n) is 9.32. The normalized spacial score (nSPS) is 12.1. The summed E-state index contributed by atoms with van der Waals surface area (Å²) in [7, 11) is 0. The molecular weight excluding hydrogens is 745 g/mol. The van der Waals surface area contributed by atoms with Crippen molar-refractivity contribution >= 4 is 54.8 Å². The Labute approximate surface area is 287 Å². The van der Waals surface area contributed by atoms with Crippen LogP contribution in [0.15, 0.2) is 78.7 Å². The van der Waals surface area contributed by atoms with Gasteiger partial charge >= 0.3 is 0 Å². The predicted molar refractivity (Wildman–Crippen MR) is 191 cm³/mol. The van der Waals surface area contributed by atoms with Crippen molar-refractivity contribution in [3.8, 4) is 0 Å². The van der Waals surface area contributed by atoms with Crippen LogP contribution < -0.4 is 0 Å². The van der Waals surface area contributed by atoms with E-state index in [2.05, 4.69) is 85.8 Å². The molecule has 0 aliphatic carbocycles. The number of aliphatic hydroxyl groups excluding tert-OH is 1. The number of carbonyl (C=O) groups excluding carboxylic acids is 1. The number of pyridine rings is 2. The first-order chi connectivity index (χ1) is 21.7. The molecule has 3 aromatic carbocycles. The maximum Gasteiger partial charge on any atom is 0.162 e. The number of fused-ring (bicyclic) bond motifs is 9. The third-order valence-corrected chi connectivity index (χ3v) is 9.32. The summed E-state index contributed by atoms with van der Waals surface area (Å²) < 4.78 is 2.42. The molecule has 3 aromatic heterocycles. The Morgan fingerprint density at radius 2 is 1.59 bits per heavy atom. The summed E-state index contributed by atoms with van der Waals surface area (Å²) in [6, 6.07) is 25.6. The summed E-state index contributed by atoms with van der Waals surface area (Å²) in [5, 5.41) is 15.7. The van der Waals surface area contributed by atoms with Gasteiger partial charge in [0.1, 0.15) is 0 Å². The number of aliphatic hydroxyl groups is 1. The van der Waals surface area contributed by atoms with E-state index in [1.807, 2.05) is 40.0 Å². The zero-order valence-corrected chi connectivity index (χ0v) is 30.7. The number of aromatic nitrogens is 2. The van der Waals surface area contributed by atoms with Gasteiger partial charge in [-0.3, -0.25) is 9.78 Å². The van der Waals surface area contributed by atoms with Crippen molar-refractivity contribution in [1.29, 1.82) is 0 Å². The van der Waals surface area contributed by atoms with Gasteiger partial charge in [0.05, 0.1) is 5.76 Å².